The fraction of sp³-hybridized carbons (Fsp3) is 0.550. The van der Waals surface area contributed by atoms with E-state index in [1.54, 1.807) is 0 Å². The maximum atomic E-state index is 12.9. The molecule has 134 valence electrons. The zero-order chi connectivity index (χ0) is 17.4. The van der Waals surface area contributed by atoms with Crippen molar-refractivity contribution in [3.05, 3.63) is 35.5 Å². The van der Waals surface area contributed by atoms with Crippen LogP contribution in [0, 0.1) is 0 Å². The third-order valence-electron chi connectivity index (χ3n) is 5.79. The van der Waals surface area contributed by atoms with E-state index < -0.39 is 0 Å². The van der Waals surface area contributed by atoms with E-state index in [1.165, 1.54) is 16.6 Å². The van der Waals surface area contributed by atoms with Gasteiger partial charge in [-0.2, -0.15) is 0 Å². The highest BCUT2D eigenvalue weighted by Crippen LogP contribution is 2.28. The number of aromatic nitrogens is 1. The highest BCUT2D eigenvalue weighted by molar-refractivity contribution is 5.86. The Morgan fingerprint density at radius 1 is 1.32 bits per heavy atom. The van der Waals surface area contributed by atoms with Crippen molar-refractivity contribution in [1.82, 2.24) is 14.8 Å². The van der Waals surface area contributed by atoms with Crippen molar-refractivity contribution in [3.63, 3.8) is 0 Å². The number of fused-ring (bicyclic) bond motifs is 3. The Labute approximate surface area is 148 Å². The van der Waals surface area contributed by atoms with Crippen molar-refractivity contribution >= 4 is 16.8 Å². The zero-order valence-electron chi connectivity index (χ0n) is 14.9. The molecular formula is C20H27N3O2. The monoisotopic (exact) mass is 341 g/mol. The summed E-state index contributed by atoms with van der Waals surface area (Å²) >= 11 is 0. The normalized spacial score (nSPS) is 22.8. The molecule has 2 aromatic rings. The fourth-order valence-electron chi connectivity index (χ4n) is 4.41. The third-order valence-corrected chi connectivity index (χ3v) is 5.79. The van der Waals surface area contributed by atoms with Crippen LogP contribution >= 0.6 is 0 Å². The van der Waals surface area contributed by atoms with Crippen molar-refractivity contribution in [2.75, 3.05) is 19.6 Å². The molecule has 1 aromatic heterocycles. The third kappa shape index (κ3) is 3.18. The molecule has 0 saturated carbocycles. The molecule has 2 aliphatic heterocycles. The van der Waals surface area contributed by atoms with E-state index >= 15 is 0 Å². The molecule has 3 heterocycles. The number of likely N-dealkylation sites (tertiary alicyclic amines) is 1. The fourth-order valence-corrected chi connectivity index (χ4v) is 4.41. The number of hydrogen-bond acceptors (Lipinski definition) is 3. The van der Waals surface area contributed by atoms with Gasteiger partial charge in [0.15, 0.2) is 0 Å². The maximum Gasteiger partial charge on any atom is 0.237 e. The van der Waals surface area contributed by atoms with E-state index in [2.05, 4.69) is 28.1 Å². The molecule has 0 radical (unpaired) electrons. The summed E-state index contributed by atoms with van der Waals surface area (Å²) in [6.07, 6.45) is 3.74. The van der Waals surface area contributed by atoms with E-state index in [0.717, 1.165) is 44.3 Å². The summed E-state index contributed by atoms with van der Waals surface area (Å²) in [4.78, 5) is 20.6. The molecule has 4 rings (SSSR count). The second kappa shape index (κ2) is 6.81. The molecule has 0 aliphatic carbocycles. The van der Waals surface area contributed by atoms with Gasteiger partial charge in [-0.3, -0.25) is 9.69 Å². The molecule has 25 heavy (non-hydrogen) atoms. The largest absolute Gasteiger partial charge is 0.392 e. The number of aliphatic hydroxyl groups is 1. The van der Waals surface area contributed by atoms with E-state index in [9.17, 15) is 9.90 Å². The van der Waals surface area contributed by atoms with Crippen molar-refractivity contribution < 1.29 is 9.90 Å². The second-order valence-corrected chi connectivity index (χ2v) is 7.47. The highest BCUT2D eigenvalue weighted by Gasteiger charge is 2.30. The first-order chi connectivity index (χ1) is 12.1. The number of aliphatic hydroxyl groups excluding tert-OH is 1. The molecule has 1 aromatic carbocycles. The Morgan fingerprint density at radius 2 is 2.16 bits per heavy atom. The average Bonchev–Trinajstić information content (AvgIpc) is 2.99. The van der Waals surface area contributed by atoms with Gasteiger partial charge in [0.2, 0.25) is 5.91 Å². The molecule has 5 nitrogen and oxygen atoms in total. The van der Waals surface area contributed by atoms with Crippen LogP contribution < -0.4 is 0 Å². The summed E-state index contributed by atoms with van der Waals surface area (Å²) in [6.45, 7) is 4.63. The van der Waals surface area contributed by atoms with Crippen LogP contribution in [0.3, 0.4) is 0 Å². The first-order valence-corrected chi connectivity index (χ1v) is 9.42. The quantitative estimate of drug-likeness (QED) is 0.900. The lowest BCUT2D eigenvalue weighted by molar-refractivity contribution is -0.135. The minimum absolute atomic E-state index is 0.117. The van der Waals surface area contributed by atoms with Crippen molar-refractivity contribution in [3.8, 4) is 0 Å². The summed E-state index contributed by atoms with van der Waals surface area (Å²) < 4.78 is 0. The molecular weight excluding hydrogens is 314 g/mol. The van der Waals surface area contributed by atoms with Crippen molar-refractivity contribution in [2.45, 2.75) is 51.3 Å². The number of aromatic amines is 1. The molecule has 2 N–H and O–H groups in total. The van der Waals surface area contributed by atoms with Gasteiger partial charge < -0.3 is 15.0 Å². The van der Waals surface area contributed by atoms with Gasteiger partial charge in [0.05, 0.1) is 12.6 Å². The summed E-state index contributed by atoms with van der Waals surface area (Å²) in [5.41, 5.74) is 3.69. The number of nitrogens with zero attached hydrogens (tertiary/aromatic N) is 2. The SMILES string of the molecule is CC(O)C1CCCCN1CC(=O)N1CCc2[nH]c3ccccc3c2C1. The number of rotatable bonds is 3. The summed E-state index contributed by atoms with van der Waals surface area (Å²) in [5.74, 6) is 0.184. The van der Waals surface area contributed by atoms with Gasteiger partial charge in [0.25, 0.3) is 0 Å². The molecule has 2 unspecified atom stereocenters. The van der Waals surface area contributed by atoms with Gasteiger partial charge in [0.1, 0.15) is 0 Å². The molecule has 1 saturated heterocycles. The number of benzene rings is 1. The Hall–Kier alpha value is -1.85. The number of amides is 1. The van der Waals surface area contributed by atoms with Crippen molar-refractivity contribution in [2.24, 2.45) is 0 Å². The minimum Gasteiger partial charge on any atom is -0.392 e. The number of carbonyl (C=O) groups excluding carboxylic acids is 1. The van der Waals surface area contributed by atoms with Gasteiger partial charge in [0, 0.05) is 47.7 Å². The van der Waals surface area contributed by atoms with Crippen LogP contribution in [-0.4, -0.2) is 57.6 Å². The Morgan fingerprint density at radius 3 is 3.00 bits per heavy atom. The highest BCUT2D eigenvalue weighted by atomic mass is 16.3. The van der Waals surface area contributed by atoms with Crippen LogP contribution in [0.4, 0.5) is 0 Å². The molecule has 5 heteroatoms. The zero-order valence-corrected chi connectivity index (χ0v) is 14.9. The van der Waals surface area contributed by atoms with Gasteiger partial charge in [-0.1, -0.05) is 24.6 Å². The number of carbonyl (C=O) groups is 1. The summed E-state index contributed by atoms with van der Waals surface area (Å²) in [5, 5.41) is 11.3. The smallest absolute Gasteiger partial charge is 0.237 e. The number of nitrogens with one attached hydrogen (secondary N) is 1. The minimum atomic E-state index is -0.380. The molecule has 2 aliphatic rings. The number of para-hydroxylation sites is 1. The summed E-state index contributed by atoms with van der Waals surface area (Å²) in [7, 11) is 0. The second-order valence-electron chi connectivity index (χ2n) is 7.47. The number of piperidine rings is 1. The first kappa shape index (κ1) is 16.6. The Balaban J connectivity index is 1.48. The Bertz CT molecular complexity index is 767. The number of hydrogen-bond donors (Lipinski definition) is 2. The van der Waals surface area contributed by atoms with Crippen LogP contribution in [0.1, 0.15) is 37.4 Å². The van der Waals surface area contributed by atoms with E-state index in [1.807, 2.05) is 17.9 Å². The molecule has 1 amide bonds. The van der Waals surface area contributed by atoms with Gasteiger partial charge in [-0.05, 0) is 32.4 Å². The van der Waals surface area contributed by atoms with Crippen LogP contribution in [0.2, 0.25) is 0 Å². The molecule has 0 spiro atoms. The van der Waals surface area contributed by atoms with Gasteiger partial charge in [-0.25, -0.2) is 0 Å². The summed E-state index contributed by atoms with van der Waals surface area (Å²) in [6, 6.07) is 8.44. The average molecular weight is 341 g/mol. The van der Waals surface area contributed by atoms with Crippen LogP contribution in [0.15, 0.2) is 24.3 Å². The predicted molar refractivity (Wildman–Crippen MR) is 98.3 cm³/mol. The lowest BCUT2D eigenvalue weighted by Crippen LogP contribution is -2.51. The predicted octanol–water partition coefficient (Wildman–Crippen LogP) is 2.29. The topological polar surface area (TPSA) is 59.6 Å². The number of H-pyrrole nitrogens is 1. The standard InChI is InChI=1S/C20H27N3O2/c1-14(24)19-8-4-5-10-22(19)13-20(25)23-11-9-18-16(12-23)15-6-2-3-7-17(15)21-18/h2-3,6-7,14,19,21,24H,4-5,8-13H2,1H3. The first-order valence-electron chi connectivity index (χ1n) is 9.42. The maximum absolute atomic E-state index is 12.9. The van der Waals surface area contributed by atoms with Crippen LogP contribution in [0.25, 0.3) is 10.9 Å². The van der Waals surface area contributed by atoms with E-state index in [-0.39, 0.29) is 18.1 Å². The van der Waals surface area contributed by atoms with Crippen LogP contribution in [0.5, 0.6) is 0 Å². The van der Waals surface area contributed by atoms with E-state index in [4.69, 9.17) is 0 Å². The molecule has 0 bridgehead atoms. The lowest BCUT2D eigenvalue weighted by atomic mass is 9.98. The van der Waals surface area contributed by atoms with Gasteiger partial charge >= 0.3 is 0 Å². The molecule has 1 fully saturated rings. The van der Waals surface area contributed by atoms with Crippen molar-refractivity contribution in [1.29, 1.82) is 0 Å². The van der Waals surface area contributed by atoms with E-state index in [0.29, 0.717) is 13.1 Å². The lowest BCUT2D eigenvalue weighted by Gasteiger charge is -2.38. The van der Waals surface area contributed by atoms with Crippen LogP contribution in [-0.2, 0) is 17.8 Å². The Kier molecular flexibility index (Phi) is 4.52. The van der Waals surface area contributed by atoms with Gasteiger partial charge in [-0.15, -0.1) is 0 Å². The molecule has 2 atom stereocenters.